The van der Waals surface area contributed by atoms with Gasteiger partial charge >= 0.3 is 0 Å². The third kappa shape index (κ3) is 3.34. The molecule has 0 aromatic heterocycles. The maximum absolute atomic E-state index is 12.6. The Morgan fingerprint density at radius 1 is 0.759 bits per heavy atom. The van der Waals surface area contributed by atoms with Crippen molar-refractivity contribution in [1.82, 2.24) is 0 Å². The van der Waals surface area contributed by atoms with Gasteiger partial charge in [-0.05, 0) is 43.8 Å². The summed E-state index contributed by atoms with van der Waals surface area (Å²) >= 11 is 0. The molecule has 2 aliphatic heterocycles. The number of carbonyl (C=O) groups excluding carboxylic acids is 1. The molecule has 4 rings (SSSR count). The molecule has 6 nitrogen and oxygen atoms in total. The first-order valence-corrected chi connectivity index (χ1v) is 13.3. The molecule has 2 saturated carbocycles. The number of sulfone groups is 2. The fraction of sp³-hybridized carbons (Fsp3) is 0.571. The Morgan fingerprint density at radius 2 is 1.34 bits per heavy atom. The van der Waals surface area contributed by atoms with Crippen LogP contribution in [0.25, 0.3) is 0 Å². The van der Waals surface area contributed by atoms with E-state index in [0.717, 1.165) is 25.7 Å². The maximum Gasteiger partial charge on any atom is 0.185 e. The normalized spacial score (nSPS) is 37.5. The predicted octanol–water partition coefficient (Wildman–Crippen LogP) is 2.10. The van der Waals surface area contributed by atoms with E-state index in [9.17, 15) is 26.7 Å². The number of rotatable bonds is 3. The molecule has 4 atom stereocenters. The molecule has 0 aromatic rings. The predicted molar refractivity (Wildman–Crippen MR) is 108 cm³/mol. The highest BCUT2D eigenvalue weighted by atomic mass is 32.2. The molecule has 2 heterocycles. The van der Waals surface area contributed by atoms with Gasteiger partial charge in [-0.1, -0.05) is 43.9 Å². The van der Waals surface area contributed by atoms with Crippen LogP contribution in [-0.4, -0.2) is 33.1 Å². The van der Waals surface area contributed by atoms with Gasteiger partial charge < -0.3 is 5.11 Å². The molecule has 2 aliphatic carbocycles. The number of Topliss-reactive ketones (excluding diaryl/α,β-unsaturated/α-hetero) is 1. The van der Waals surface area contributed by atoms with Gasteiger partial charge in [0.1, 0.15) is 4.91 Å². The van der Waals surface area contributed by atoms with Crippen molar-refractivity contribution in [3.8, 4) is 0 Å². The summed E-state index contributed by atoms with van der Waals surface area (Å²) in [6, 6.07) is 0. The van der Waals surface area contributed by atoms with Gasteiger partial charge in [-0.3, -0.25) is 4.79 Å². The van der Waals surface area contributed by atoms with Gasteiger partial charge in [0.15, 0.2) is 25.5 Å². The Hall–Kier alpha value is -1.67. The fourth-order valence-corrected chi connectivity index (χ4v) is 9.60. The average Bonchev–Trinajstić information content (AvgIpc) is 3.02. The minimum absolute atomic E-state index is 0.151. The lowest BCUT2D eigenvalue weighted by Gasteiger charge is -2.28. The van der Waals surface area contributed by atoms with E-state index in [1.54, 1.807) is 0 Å². The van der Waals surface area contributed by atoms with Crippen LogP contribution in [0.2, 0.25) is 0 Å². The summed E-state index contributed by atoms with van der Waals surface area (Å²) < 4.78 is 50.5. The van der Waals surface area contributed by atoms with Crippen LogP contribution in [0.3, 0.4) is 0 Å². The van der Waals surface area contributed by atoms with E-state index < -0.39 is 42.0 Å². The summed E-state index contributed by atoms with van der Waals surface area (Å²) in [4.78, 5) is 12.2. The monoisotopic (exact) mass is 437 g/mol. The third-order valence-electron chi connectivity index (χ3n) is 6.69. The number of allylic oxidation sites excluding steroid dienone is 7. The van der Waals surface area contributed by atoms with Crippen molar-refractivity contribution < 1.29 is 26.7 Å². The quantitative estimate of drug-likeness (QED) is 0.494. The molecule has 0 spiro atoms. The Labute approximate surface area is 171 Å². The Kier molecular flexibility index (Phi) is 5.36. The average molecular weight is 438 g/mol. The second-order valence-corrected chi connectivity index (χ2v) is 12.6. The van der Waals surface area contributed by atoms with Gasteiger partial charge in [-0.25, -0.2) is 16.8 Å². The molecule has 29 heavy (non-hydrogen) atoms. The molecule has 8 heteroatoms. The second-order valence-electron chi connectivity index (χ2n) is 8.32. The van der Waals surface area contributed by atoms with Gasteiger partial charge in [-0.15, -0.1) is 5.76 Å². The summed E-state index contributed by atoms with van der Waals surface area (Å²) in [6.45, 7) is 0. The molecular formula is C21H25O6S2-. The number of fused-ring (bicyclic) bond motifs is 2. The number of hydrogen-bond donors (Lipinski definition) is 0. The largest absolute Gasteiger partial charge is 0.874 e. The molecular weight excluding hydrogens is 412 g/mol. The van der Waals surface area contributed by atoms with Gasteiger partial charge in [0.2, 0.25) is 0 Å². The van der Waals surface area contributed by atoms with E-state index in [1.807, 2.05) is 0 Å². The number of ketones is 1. The maximum atomic E-state index is 12.6. The Bertz CT molecular complexity index is 1040. The molecule has 0 radical (unpaired) electrons. The van der Waals surface area contributed by atoms with Gasteiger partial charge in [-0.2, -0.15) is 0 Å². The Morgan fingerprint density at radius 3 is 1.97 bits per heavy atom. The van der Waals surface area contributed by atoms with Crippen molar-refractivity contribution in [3.63, 3.8) is 0 Å². The van der Waals surface area contributed by atoms with E-state index >= 15 is 0 Å². The van der Waals surface area contributed by atoms with E-state index in [1.165, 1.54) is 30.4 Å². The van der Waals surface area contributed by atoms with Crippen LogP contribution in [0.4, 0.5) is 0 Å². The molecule has 1 saturated heterocycles. The van der Waals surface area contributed by atoms with E-state index in [4.69, 9.17) is 0 Å². The lowest BCUT2D eigenvalue weighted by Crippen LogP contribution is -2.29. The van der Waals surface area contributed by atoms with Crippen LogP contribution < -0.4 is 5.11 Å². The van der Waals surface area contributed by atoms with Crippen LogP contribution in [0.15, 0.2) is 45.9 Å². The van der Waals surface area contributed by atoms with Gasteiger partial charge in [0.05, 0.1) is 15.4 Å². The fourth-order valence-electron chi connectivity index (χ4n) is 5.21. The van der Waals surface area contributed by atoms with E-state index in [2.05, 4.69) is 0 Å². The van der Waals surface area contributed by atoms with Crippen molar-refractivity contribution in [2.45, 2.75) is 61.9 Å². The molecule has 158 valence electrons. The minimum Gasteiger partial charge on any atom is -0.874 e. The first-order valence-electron chi connectivity index (χ1n) is 10.2. The summed E-state index contributed by atoms with van der Waals surface area (Å²) in [7, 11) is -7.20. The summed E-state index contributed by atoms with van der Waals surface area (Å²) in [5.74, 6) is -1.47. The molecule has 4 aliphatic rings. The van der Waals surface area contributed by atoms with Crippen LogP contribution in [0.1, 0.15) is 51.4 Å². The van der Waals surface area contributed by atoms with Crippen molar-refractivity contribution in [2.24, 2.45) is 11.8 Å². The molecule has 4 unspecified atom stereocenters. The summed E-state index contributed by atoms with van der Waals surface area (Å²) in [6.07, 6.45) is 12.6. The van der Waals surface area contributed by atoms with Crippen LogP contribution in [-0.2, 0) is 24.5 Å². The summed E-state index contributed by atoms with van der Waals surface area (Å²) in [5, 5.41) is 11.3. The van der Waals surface area contributed by atoms with E-state index in [-0.39, 0.29) is 21.4 Å². The molecule has 0 bridgehead atoms. The topological polar surface area (TPSA) is 108 Å². The van der Waals surface area contributed by atoms with Crippen molar-refractivity contribution >= 4 is 25.5 Å². The molecule has 0 aromatic carbocycles. The lowest BCUT2D eigenvalue weighted by atomic mass is 9.86. The first kappa shape index (κ1) is 20.6. The smallest absolute Gasteiger partial charge is 0.185 e. The van der Waals surface area contributed by atoms with Crippen molar-refractivity contribution in [2.75, 3.05) is 0 Å². The van der Waals surface area contributed by atoms with Crippen LogP contribution in [0, 0.1) is 11.8 Å². The minimum atomic E-state index is -3.60. The van der Waals surface area contributed by atoms with Crippen LogP contribution >= 0.6 is 0 Å². The highest BCUT2D eigenvalue weighted by molar-refractivity contribution is 7.97. The highest BCUT2D eigenvalue weighted by Gasteiger charge is 2.50. The summed E-state index contributed by atoms with van der Waals surface area (Å²) in [5.41, 5.74) is 0. The molecule has 0 N–H and O–H groups in total. The lowest BCUT2D eigenvalue weighted by molar-refractivity contribution is -0.315. The number of carbonyl (C=O) groups is 1. The zero-order chi connectivity index (χ0) is 20.8. The van der Waals surface area contributed by atoms with Crippen molar-refractivity contribution in [1.29, 1.82) is 0 Å². The number of hydrogen-bond acceptors (Lipinski definition) is 6. The highest BCUT2D eigenvalue weighted by Crippen LogP contribution is 2.43. The second kappa shape index (κ2) is 7.54. The zero-order valence-corrected chi connectivity index (χ0v) is 17.8. The van der Waals surface area contributed by atoms with Crippen LogP contribution in [0.5, 0.6) is 0 Å². The SMILES string of the molecule is O=C1C(=CC=CC=CC2=C([O-])C3CCCCC3S2(=O)=O)S(=O)(=O)C2CCCCC12. The molecule has 0 amide bonds. The first-order chi connectivity index (χ1) is 13.8. The van der Waals surface area contributed by atoms with Gasteiger partial charge in [0, 0.05) is 5.92 Å². The third-order valence-corrected chi connectivity index (χ3v) is 11.3. The molecule has 3 fully saturated rings. The van der Waals surface area contributed by atoms with E-state index in [0.29, 0.717) is 25.7 Å². The zero-order valence-electron chi connectivity index (χ0n) is 16.1. The Balaban J connectivity index is 1.53. The standard InChI is InChI=1S/C21H26O6S2/c22-20-14-8-4-6-10-16(14)28(24,25)18(20)12-2-1-3-13-19-21(23)15-9-5-7-11-17(15)29(19,26)27/h1-3,12-17,22H,4-11H2/p-1. The van der Waals surface area contributed by atoms with Gasteiger partial charge in [0.25, 0.3) is 0 Å². The van der Waals surface area contributed by atoms with Crippen molar-refractivity contribution in [3.05, 3.63) is 45.9 Å².